The fourth-order valence-corrected chi connectivity index (χ4v) is 2.42. The molecule has 1 N–H and O–H groups in total. The van der Waals surface area contributed by atoms with Gasteiger partial charge in [0.05, 0.1) is 12.5 Å². The van der Waals surface area contributed by atoms with Gasteiger partial charge in [-0.3, -0.25) is 4.79 Å². The van der Waals surface area contributed by atoms with Gasteiger partial charge in [0.1, 0.15) is 5.75 Å². The number of aliphatic carboxylic acids is 1. The Morgan fingerprint density at radius 3 is 3.10 bits per heavy atom. The molecule has 0 fully saturated rings. The first kappa shape index (κ1) is 13.6. The number of carbonyl (C=O) groups is 1. The molecule has 110 valence electrons. The van der Waals surface area contributed by atoms with Crippen LogP contribution in [0.15, 0.2) is 28.8 Å². The van der Waals surface area contributed by atoms with E-state index < -0.39 is 5.97 Å². The van der Waals surface area contributed by atoms with Gasteiger partial charge in [-0.05, 0) is 24.5 Å². The molecule has 1 aliphatic heterocycles. The minimum absolute atomic E-state index is 0.0804. The lowest BCUT2D eigenvalue weighted by Crippen LogP contribution is -2.20. The van der Waals surface area contributed by atoms with Crippen molar-refractivity contribution in [3.63, 3.8) is 0 Å². The van der Waals surface area contributed by atoms with Gasteiger partial charge in [0.2, 0.25) is 5.89 Å². The van der Waals surface area contributed by atoms with Gasteiger partial charge in [-0.15, -0.1) is 0 Å². The van der Waals surface area contributed by atoms with Crippen molar-refractivity contribution in [2.45, 2.75) is 31.6 Å². The Bertz CT molecular complexity index is 638. The van der Waals surface area contributed by atoms with Gasteiger partial charge in [-0.25, -0.2) is 0 Å². The number of fused-ring (bicyclic) bond motifs is 1. The lowest BCUT2D eigenvalue weighted by atomic mass is 9.96. The van der Waals surface area contributed by atoms with Crippen LogP contribution in [-0.4, -0.2) is 27.8 Å². The maximum Gasteiger partial charge on any atom is 0.303 e. The summed E-state index contributed by atoms with van der Waals surface area (Å²) in [6, 6.07) is 7.93. The van der Waals surface area contributed by atoms with Crippen LogP contribution in [0.25, 0.3) is 0 Å². The highest BCUT2D eigenvalue weighted by Crippen LogP contribution is 2.30. The minimum Gasteiger partial charge on any atom is -0.493 e. The second kappa shape index (κ2) is 5.95. The zero-order valence-corrected chi connectivity index (χ0v) is 11.5. The van der Waals surface area contributed by atoms with Crippen LogP contribution < -0.4 is 4.74 Å². The summed E-state index contributed by atoms with van der Waals surface area (Å²) in [7, 11) is 0. The minimum atomic E-state index is -0.813. The number of para-hydroxylation sites is 1. The number of hydrogen-bond acceptors (Lipinski definition) is 5. The molecular weight excluding hydrogens is 272 g/mol. The highest BCUT2D eigenvalue weighted by molar-refractivity contribution is 5.66. The Morgan fingerprint density at radius 1 is 1.38 bits per heavy atom. The van der Waals surface area contributed by atoms with Crippen molar-refractivity contribution < 1.29 is 19.2 Å². The number of aromatic nitrogens is 2. The number of aryl methyl sites for hydroxylation is 1. The Labute approximate surface area is 121 Å². The fourth-order valence-electron chi connectivity index (χ4n) is 2.42. The van der Waals surface area contributed by atoms with Crippen LogP contribution in [0.5, 0.6) is 5.75 Å². The van der Waals surface area contributed by atoms with Crippen molar-refractivity contribution >= 4 is 5.97 Å². The predicted molar refractivity (Wildman–Crippen MR) is 73.3 cm³/mol. The molecule has 21 heavy (non-hydrogen) atoms. The molecular formula is C15H16N2O4. The summed E-state index contributed by atoms with van der Waals surface area (Å²) < 4.78 is 10.9. The topological polar surface area (TPSA) is 85.5 Å². The number of ether oxygens (including phenoxy) is 1. The Balaban J connectivity index is 1.63. The normalized spacial score (nSPS) is 17.0. The molecule has 0 radical (unpaired) electrons. The van der Waals surface area contributed by atoms with Gasteiger partial charge in [0.25, 0.3) is 0 Å². The van der Waals surface area contributed by atoms with Crippen molar-refractivity contribution in [3.8, 4) is 5.75 Å². The van der Waals surface area contributed by atoms with E-state index in [-0.39, 0.29) is 12.3 Å². The number of carboxylic acids is 1. The van der Waals surface area contributed by atoms with E-state index in [0.717, 1.165) is 17.7 Å². The number of carboxylic acid groups (broad SMARTS) is 1. The van der Waals surface area contributed by atoms with Gasteiger partial charge in [-0.2, -0.15) is 4.98 Å². The Hall–Kier alpha value is -2.37. The molecule has 2 heterocycles. The molecule has 0 aliphatic carbocycles. The molecule has 1 aromatic carbocycles. The van der Waals surface area contributed by atoms with Crippen molar-refractivity contribution in [2.24, 2.45) is 0 Å². The van der Waals surface area contributed by atoms with Crippen molar-refractivity contribution in [2.75, 3.05) is 6.61 Å². The number of benzene rings is 1. The molecule has 1 aromatic heterocycles. The number of nitrogens with zero attached hydrogens (tertiary/aromatic N) is 2. The first-order valence-electron chi connectivity index (χ1n) is 6.97. The Kier molecular flexibility index (Phi) is 3.85. The van der Waals surface area contributed by atoms with Gasteiger partial charge in [0, 0.05) is 12.8 Å². The van der Waals surface area contributed by atoms with E-state index >= 15 is 0 Å². The molecule has 0 amide bonds. The van der Waals surface area contributed by atoms with Gasteiger partial charge >= 0.3 is 5.97 Å². The first-order chi connectivity index (χ1) is 10.2. The monoisotopic (exact) mass is 288 g/mol. The summed E-state index contributed by atoms with van der Waals surface area (Å²) in [6.45, 7) is 0.533. The molecule has 6 heteroatoms. The highest BCUT2D eigenvalue weighted by atomic mass is 16.5. The van der Waals surface area contributed by atoms with E-state index in [1.165, 1.54) is 0 Å². The van der Waals surface area contributed by atoms with E-state index in [0.29, 0.717) is 31.2 Å². The van der Waals surface area contributed by atoms with Crippen LogP contribution >= 0.6 is 0 Å². The molecule has 3 rings (SSSR count). The number of hydrogen-bond donors (Lipinski definition) is 1. The summed E-state index contributed by atoms with van der Waals surface area (Å²) in [5, 5.41) is 12.6. The van der Waals surface area contributed by atoms with E-state index in [1.807, 2.05) is 24.3 Å². The SMILES string of the molecule is O=C(O)CCCc1nc(C2COc3ccccc3C2)no1. The smallest absolute Gasteiger partial charge is 0.303 e. The van der Waals surface area contributed by atoms with Crippen LogP contribution in [-0.2, 0) is 17.6 Å². The zero-order chi connectivity index (χ0) is 14.7. The average Bonchev–Trinajstić information content (AvgIpc) is 2.95. The first-order valence-corrected chi connectivity index (χ1v) is 6.97. The van der Waals surface area contributed by atoms with Crippen LogP contribution in [0, 0.1) is 0 Å². The third kappa shape index (κ3) is 3.21. The fraction of sp³-hybridized carbons (Fsp3) is 0.400. The van der Waals surface area contributed by atoms with Crippen LogP contribution in [0.1, 0.15) is 36.0 Å². The molecule has 2 aromatic rings. The maximum absolute atomic E-state index is 10.5. The van der Waals surface area contributed by atoms with Gasteiger partial charge < -0.3 is 14.4 Å². The number of rotatable bonds is 5. The molecule has 0 bridgehead atoms. The quantitative estimate of drug-likeness (QED) is 0.907. The van der Waals surface area contributed by atoms with Crippen molar-refractivity contribution in [1.82, 2.24) is 10.1 Å². The lowest BCUT2D eigenvalue weighted by molar-refractivity contribution is -0.137. The molecule has 6 nitrogen and oxygen atoms in total. The average molecular weight is 288 g/mol. The lowest BCUT2D eigenvalue weighted by Gasteiger charge is -2.22. The summed E-state index contributed by atoms with van der Waals surface area (Å²) in [5.74, 6) is 1.31. The molecule has 1 atom stereocenters. The van der Waals surface area contributed by atoms with E-state index in [2.05, 4.69) is 10.1 Å². The summed E-state index contributed by atoms with van der Waals surface area (Å²) in [4.78, 5) is 14.8. The van der Waals surface area contributed by atoms with Crippen molar-refractivity contribution in [1.29, 1.82) is 0 Å². The zero-order valence-electron chi connectivity index (χ0n) is 11.5. The highest BCUT2D eigenvalue weighted by Gasteiger charge is 2.25. The molecule has 1 aliphatic rings. The summed E-state index contributed by atoms with van der Waals surface area (Å²) >= 11 is 0. The third-order valence-corrected chi connectivity index (χ3v) is 3.51. The van der Waals surface area contributed by atoms with Gasteiger partial charge in [-0.1, -0.05) is 23.4 Å². The second-order valence-corrected chi connectivity index (χ2v) is 5.11. The van der Waals surface area contributed by atoms with Gasteiger partial charge in [0.15, 0.2) is 5.82 Å². The third-order valence-electron chi connectivity index (χ3n) is 3.51. The van der Waals surface area contributed by atoms with Crippen molar-refractivity contribution in [3.05, 3.63) is 41.5 Å². The second-order valence-electron chi connectivity index (χ2n) is 5.11. The maximum atomic E-state index is 10.5. The predicted octanol–water partition coefficient (Wildman–Crippen LogP) is 2.20. The molecule has 0 saturated carbocycles. The Morgan fingerprint density at radius 2 is 2.24 bits per heavy atom. The molecule has 1 unspecified atom stereocenters. The molecule has 0 spiro atoms. The molecule has 0 saturated heterocycles. The van der Waals surface area contributed by atoms with E-state index in [4.69, 9.17) is 14.4 Å². The van der Waals surface area contributed by atoms with E-state index in [9.17, 15) is 4.79 Å². The largest absolute Gasteiger partial charge is 0.493 e. The summed E-state index contributed by atoms with van der Waals surface area (Å²) in [5.41, 5.74) is 1.14. The van der Waals surface area contributed by atoms with Crippen LogP contribution in [0.4, 0.5) is 0 Å². The standard InChI is InChI=1S/C15H16N2O4/c18-14(19)7-3-6-13-16-15(17-21-13)11-8-10-4-1-2-5-12(10)20-9-11/h1-2,4-5,11H,3,6-9H2,(H,18,19). The van der Waals surface area contributed by atoms with Crippen LogP contribution in [0.2, 0.25) is 0 Å². The summed E-state index contributed by atoms with van der Waals surface area (Å²) in [6.07, 6.45) is 1.92. The van der Waals surface area contributed by atoms with E-state index in [1.54, 1.807) is 0 Å². The van der Waals surface area contributed by atoms with Crippen LogP contribution in [0.3, 0.4) is 0 Å².